The molecule has 1 aromatic rings. The van der Waals surface area contributed by atoms with Crippen LogP contribution in [0.4, 0.5) is 0 Å². The van der Waals surface area contributed by atoms with Crippen molar-refractivity contribution in [1.82, 2.24) is 0 Å². The van der Waals surface area contributed by atoms with Crippen LogP contribution in [0.5, 0.6) is 0 Å². The van der Waals surface area contributed by atoms with E-state index >= 15 is 0 Å². The van der Waals surface area contributed by atoms with Crippen LogP contribution in [0.25, 0.3) is 0 Å². The highest BCUT2D eigenvalue weighted by Crippen LogP contribution is 2.72. The molecule has 39 heavy (non-hydrogen) atoms. The fraction of sp³-hybridized carbons (Fsp3) is 0.636. The van der Waals surface area contributed by atoms with E-state index < -0.39 is 35.0 Å². The minimum absolute atomic E-state index is 0.0133. The number of Topliss-reactive ketones (excluding diaryl/α,β-unsaturated/α-hetero) is 1. The maximum atomic E-state index is 14.8. The summed E-state index contributed by atoms with van der Waals surface area (Å²) in [6.45, 7) is 16.4. The van der Waals surface area contributed by atoms with Crippen LogP contribution >= 0.6 is 0 Å². The lowest BCUT2D eigenvalue weighted by molar-refractivity contribution is -0.302. The van der Waals surface area contributed by atoms with Gasteiger partial charge in [-0.3, -0.25) is 4.79 Å². The predicted octanol–water partition coefficient (Wildman–Crippen LogP) is 5.60. The molecule has 8 atom stereocenters. The molecule has 1 spiro atoms. The minimum atomic E-state index is -1.81. The summed E-state index contributed by atoms with van der Waals surface area (Å²) >= 11 is 0. The van der Waals surface area contributed by atoms with Gasteiger partial charge in [-0.2, -0.15) is 0 Å². The van der Waals surface area contributed by atoms with Crippen LogP contribution in [-0.2, 0) is 19.0 Å². The van der Waals surface area contributed by atoms with Crippen LogP contribution in [0, 0.1) is 34.5 Å². The lowest BCUT2D eigenvalue weighted by Gasteiger charge is -2.52. The van der Waals surface area contributed by atoms with Crippen molar-refractivity contribution < 1.29 is 28.9 Å². The number of fused-ring (bicyclic) bond motifs is 5. The second-order valence-corrected chi connectivity index (χ2v) is 14.0. The number of carbonyl (C=O) groups excluding carboxylic acids is 2. The van der Waals surface area contributed by atoms with Crippen molar-refractivity contribution in [2.24, 2.45) is 34.5 Å². The Morgan fingerprint density at radius 2 is 1.85 bits per heavy atom. The number of carbonyl (C=O) groups is 2. The van der Waals surface area contributed by atoms with Crippen LogP contribution in [0.2, 0.25) is 0 Å². The molecule has 3 fully saturated rings. The Hall–Kier alpha value is -2.28. The first kappa shape index (κ1) is 26.9. The first-order chi connectivity index (χ1) is 18.2. The molecule has 1 aliphatic heterocycles. The van der Waals surface area contributed by atoms with Gasteiger partial charge in [-0.15, -0.1) is 0 Å². The Labute approximate surface area is 231 Å². The van der Waals surface area contributed by atoms with Crippen molar-refractivity contribution >= 4 is 11.8 Å². The van der Waals surface area contributed by atoms with Crippen LogP contribution in [0.1, 0.15) is 83.7 Å². The van der Waals surface area contributed by atoms with Crippen LogP contribution < -0.4 is 0 Å². The Bertz CT molecular complexity index is 1300. The maximum Gasteiger partial charge on any atom is 0.339 e. The van der Waals surface area contributed by atoms with E-state index in [1.807, 2.05) is 65.0 Å². The summed E-state index contributed by atoms with van der Waals surface area (Å²) in [5.41, 5.74) is -0.193. The van der Waals surface area contributed by atoms with Gasteiger partial charge in [0.25, 0.3) is 0 Å². The summed E-state index contributed by atoms with van der Waals surface area (Å²) in [5, 5.41) is 13.2. The standard InChI is InChI=1S/C33H42O6/c1-17(2)21-11-9-10-12-22(21)29(35)38-27-18(3)15-32-19(4)13-24-25(30(24,5)6)23(26(32)34)14-20-16-37-31(7,8)39-28(20)33(27,32)36/h9-12,14-15,17,19,23-25,27-28,36H,13,16H2,1-8H3/t19-,23+,24-,25?,27+,28-,32+,33-/m1/s1. The number of aliphatic hydroxyl groups is 1. The molecule has 6 rings (SSSR count). The summed E-state index contributed by atoms with van der Waals surface area (Å²) in [6, 6.07) is 7.43. The third-order valence-corrected chi connectivity index (χ3v) is 10.7. The molecule has 0 aromatic heterocycles. The summed E-state index contributed by atoms with van der Waals surface area (Å²) < 4.78 is 18.9. The highest BCUT2D eigenvalue weighted by Gasteiger charge is 2.77. The molecule has 1 heterocycles. The van der Waals surface area contributed by atoms with Crippen molar-refractivity contribution in [3.8, 4) is 0 Å². The lowest BCUT2D eigenvalue weighted by atomic mass is 9.59. The number of allylic oxidation sites excluding steroid dienone is 1. The van der Waals surface area contributed by atoms with Crippen molar-refractivity contribution in [1.29, 1.82) is 0 Å². The second-order valence-electron chi connectivity index (χ2n) is 14.0. The Morgan fingerprint density at radius 3 is 2.54 bits per heavy atom. The summed E-state index contributed by atoms with van der Waals surface area (Å²) in [7, 11) is 0. The number of esters is 1. The Balaban J connectivity index is 1.51. The molecule has 4 aliphatic carbocycles. The zero-order valence-electron chi connectivity index (χ0n) is 24.4. The molecule has 6 nitrogen and oxygen atoms in total. The van der Waals surface area contributed by atoms with Crippen LogP contribution in [0.3, 0.4) is 0 Å². The number of ether oxygens (including phenoxy) is 3. The molecule has 0 amide bonds. The monoisotopic (exact) mass is 534 g/mol. The fourth-order valence-electron chi connectivity index (χ4n) is 8.66. The third-order valence-electron chi connectivity index (χ3n) is 10.7. The van der Waals surface area contributed by atoms with Gasteiger partial charge in [-0.25, -0.2) is 4.79 Å². The van der Waals surface area contributed by atoms with E-state index in [0.717, 1.165) is 17.6 Å². The molecule has 6 heteroatoms. The van der Waals surface area contributed by atoms with E-state index in [2.05, 4.69) is 20.8 Å². The largest absolute Gasteiger partial charge is 0.451 e. The molecule has 1 N–H and O–H groups in total. The van der Waals surface area contributed by atoms with Gasteiger partial charge in [0.15, 0.2) is 23.3 Å². The van der Waals surface area contributed by atoms with Crippen molar-refractivity contribution in [3.05, 3.63) is 58.7 Å². The number of hydrogen-bond acceptors (Lipinski definition) is 6. The molecule has 1 saturated heterocycles. The first-order valence-corrected chi connectivity index (χ1v) is 14.4. The SMILES string of the molecule is CC1=C[C@]23C(=O)[C@@H](C=C4COC(C)(C)O[C@H]4[C@]2(O)[C@H]1OC(=O)c1ccccc1C(C)C)C1[C@@H](C[C@H]3C)C1(C)C. The number of hydrogen-bond donors (Lipinski definition) is 1. The predicted molar refractivity (Wildman–Crippen MR) is 147 cm³/mol. The quantitative estimate of drug-likeness (QED) is 0.402. The summed E-state index contributed by atoms with van der Waals surface area (Å²) in [4.78, 5) is 28.6. The molecular formula is C33H42O6. The average molecular weight is 535 g/mol. The van der Waals surface area contributed by atoms with E-state index in [0.29, 0.717) is 17.1 Å². The van der Waals surface area contributed by atoms with Crippen molar-refractivity contribution in [2.45, 2.75) is 91.3 Å². The number of rotatable bonds is 3. The van der Waals surface area contributed by atoms with Gasteiger partial charge in [-0.1, -0.05) is 65.0 Å². The Morgan fingerprint density at radius 1 is 1.15 bits per heavy atom. The van der Waals surface area contributed by atoms with Gasteiger partial charge in [0, 0.05) is 5.92 Å². The number of ketones is 1. The van der Waals surface area contributed by atoms with Gasteiger partial charge in [-0.05, 0) is 79.1 Å². The second kappa shape index (κ2) is 8.37. The van der Waals surface area contributed by atoms with E-state index in [9.17, 15) is 14.7 Å². The third kappa shape index (κ3) is 3.50. The lowest BCUT2D eigenvalue weighted by Crippen LogP contribution is -2.68. The van der Waals surface area contributed by atoms with Crippen molar-refractivity contribution in [3.63, 3.8) is 0 Å². The molecular weight excluding hydrogens is 492 g/mol. The van der Waals surface area contributed by atoms with Crippen LogP contribution in [0.15, 0.2) is 47.6 Å². The molecule has 1 unspecified atom stereocenters. The molecule has 5 aliphatic rings. The summed E-state index contributed by atoms with van der Waals surface area (Å²) in [5.74, 6) is -1.28. The molecule has 2 bridgehead atoms. The van der Waals surface area contributed by atoms with Gasteiger partial charge in [0.1, 0.15) is 6.10 Å². The minimum Gasteiger partial charge on any atom is -0.451 e. The highest BCUT2D eigenvalue weighted by molar-refractivity contribution is 5.96. The van der Waals surface area contributed by atoms with Crippen molar-refractivity contribution in [2.75, 3.05) is 6.61 Å². The fourth-order valence-corrected chi connectivity index (χ4v) is 8.66. The van der Waals surface area contributed by atoms with E-state index in [4.69, 9.17) is 14.2 Å². The topological polar surface area (TPSA) is 82.1 Å². The first-order valence-electron chi connectivity index (χ1n) is 14.4. The maximum absolute atomic E-state index is 14.8. The van der Waals surface area contributed by atoms with Gasteiger partial charge in [0.2, 0.25) is 0 Å². The molecule has 2 saturated carbocycles. The van der Waals surface area contributed by atoms with E-state index in [1.54, 1.807) is 6.07 Å². The molecule has 0 radical (unpaired) electrons. The normalized spacial score (nSPS) is 41.3. The molecule has 1 aromatic carbocycles. The zero-order chi connectivity index (χ0) is 28.3. The van der Waals surface area contributed by atoms with Gasteiger partial charge in [0.05, 0.1) is 17.6 Å². The van der Waals surface area contributed by atoms with Gasteiger partial charge >= 0.3 is 5.97 Å². The average Bonchev–Trinajstić information content (AvgIpc) is 3.36. The summed E-state index contributed by atoms with van der Waals surface area (Å²) in [6.07, 6.45) is 2.88. The van der Waals surface area contributed by atoms with E-state index in [1.165, 1.54) is 0 Å². The van der Waals surface area contributed by atoms with E-state index in [-0.39, 0.29) is 41.5 Å². The molecule has 210 valence electrons. The Kier molecular flexibility index (Phi) is 5.78. The zero-order valence-corrected chi connectivity index (χ0v) is 24.4. The van der Waals surface area contributed by atoms with Crippen LogP contribution in [-0.4, -0.2) is 47.1 Å². The smallest absolute Gasteiger partial charge is 0.339 e. The number of benzene rings is 1. The highest BCUT2D eigenvalue weighted by atomic mass is 16.7. The van der Waals surface area contributed by atoms with Gasteiger partial charge < -0.3 is 19.3 Å².